The molecule has 0 aliphatic heterocycles. The van der Waals surface area contributed by atoms with Crippen LogP contribution < -0.4 is 11.2 Å². The third kappa shape index (κ3) is 3.40. The van der Waals surface area contributed by atoms with E-state index in [9.17, 15) is 14.8 Å². The van der Waals surface area contributed by atoms with Gasteiger partial charge < -0.3 is 5.21 Å². The standard InChI is InChI=1S/C20H20N2O3/c1-2-17-18(13-15-9-5-3-6-10-15)21(20(24)22(25)19(17)23)14-16-11-7-4-8-12-16/h3-12,25H,2,13-14H2,1H3. The zero-order chi connectivity index (χ0) is 17.8. The van der Waals surface area contributed by atoms with Crippen molar-refractivity contribution in [3.63, 3.8) is 0 Å². The summed E-state index contributed by atoms with van der Waals surface area (Å²) in [6, 6.07) is 19.2. The number of nitrogens with zero attached hydrogens (tertiary/aromatic N) is 2. The van der Waals surface area contributed by atoms with Crippen LogP contribution in [-0.4, -0.2) is 14.5 Å². The van der Waals surface area contributed by atoms with Gasteiger partial charge in [-0.1, -0.05) is 72.3 Å². The van der Waals surface area contributed by atoms with E-state index in [0.29, 0.717) is 30.6 Å². The Balaban J connectivity index is 2.19. The fourth-order valence-electron chi connectivity index (χ4n) is 3.01. The number of hydrogen-bond acceptors (Lipinski definition) is 3. The summed E-state index contributed by atoms with van der Waals surface area (Å²) in [5, 5.41) is 9.94. The monoisotopic (exact) mass is 336 g/mol. The molecule has 128 valence electrons. The second-order valence-electron chi connectivity index (χ2n) is 5.91. The summed E-state index contributed by atoms with van der Waals surface area (Å²) in [5.41, 5.74) is 1.70. The molecular formula is C20H20N2O3. The van der Waals surface area contributed by atoms with Crippen LogP contribution in [0.15, 0.2) is 70.3 Å². The topological polar surface area (TPSA) is 64.2 Å². The molecule has 25 heavy (non-hydrogen) atoms. The maximum absolute atomic E-state index is 12.5. The van der Waals surface area contributed by atoms with Crippen LogP contribution in [0.25, 0.3) is 0 Å². The van der Waals surface area contributed by atoms with E-state index >= 15 is 0 Å². The average Bonchev–Trinajstić information content (AvgIpc) is 2.65. The van der Waals surface area contributed by atoms with Crippen LogP contribution in [0.4, 0.5) is 0 Å². The molecule has 0 atom stereocenters. The number of aromatic nitrogens is 2. The lowest BCUT2D eigenvalue weighted by Gasteiger charge is -2.17. The van der Waals surface area contributed by atoms with E-state index in [0.717, 1.165) is 11.1 Å². The molecule has 0 aliphatic rings. The minimum absolute atomic E-state index is 0.219. The van der Waals surface area contributed by atoms with Gasteiger partial charge in [-0.3, -0.25) is 9.36 Å². The molecule has 1 aromatic heterocycles. The van der Waals surface area contributed by atoms with Crippen molar-refractivity contribution in [3.8, 4) is 0 Å². The van der Waals surface area contributed by atoms with Gasteiger partial charge in [0.15, 0.2) is 0 Å². The van der Waals surface area contributed by atoms with Gasteiger partial charge in [-0.25, -0.2) is 4.79 Å². The Kier molecular flexibility index (Phi) is 4.84. The Labute approximate surface area is 145 Å². The molecule has 1 heterocycles. The first kappa shape index (κ1) is 16.8. The van der Waals surface area contributed by atoms with Crippen LogP contribution in [0.2, 0.25) is 0 Å². The molecular weight excluding hydrogens is 316 g/mol. The molecule has 0 saturated carbocycles. The molecule has 0 unspecified atom stereocenters. The molecule has 0 spiro atoms. The Morgan fingerprint density at radius 2 is 1.44 bits per heavy atom. The molecule has 5 heteroatoms. The van der Waals surface area contributed by atoms with Crippen LogP contribution in [0.1, 0.15) is 29.3 Å². The van der Waals surface area contributed by atoms with E-state index in [-0.39, 0.29) is 4.73 Å². The zero-order valence-corrected chi connectivity index (χ0v) is 14.1. The van der Waals surface area contributed by atoms with E-state index in [4.69, 9.17) is 0 Å². The number of rotatable bonds is 5. The van der Waals surface area contributed by atoms with Gasteiger partial charge in [0.25, 0.3) is 5.56 Å². The van der Waals surface area contributed by atoms with Crippen molar-refractivity contribution < 1.29 is 5.21 Å². The van der Waals surface area contributed by atoms with E-state index in [2.05, 4.69) is 0 Å². The highest BCUT2D eigenvalue weighted by molar-refractivity contribution is 5.28. The van der Waals surface area contributed by atoms with Gasteiger partial charge in [-0.05, 0) is 17.5 Å². The molecule has 1 N–H and O–H groups in total. The van der Waals surface area contributed by atoms with Crippen molar-refractivity contribution in [1.82, 2.24) is 9.30 Å². The smallest absolute Gasteiger partial charge is 0.364 e. The van der Waals surface area contributed by atoms with Gasteiger partial charge in [0.2, 0.25) is 0 Å². The number of benzene rings is 2. The van der Waals surface area contributed by atoms with Crippen LogP contribution in [0.3, 0.4) is 0 Å². The zero-order valence-electron chi connectivity index (χ0n) is 14.1. The summed E-state index contributed by atoms with van der Waals surface area (Å²) >= 11 is 0. The van der Waals surface area contributed by atoms with Crippen LogP contribution >= 0.6 is 0 Å². The summed E-state index contributed by atoms with van der Waals surface area (Å²) in [5.74, 6) is 0. The molecule has 0 aliphatic carbocycles. The summed E-state index contributed by atoms with van der Waals surface area (Å²) in [6.45, 7) is 2.15. The summed E-state index contributed by atoms with van der Waals surface area (Å²) in [7, 11) is 0. The van der Waals surface area contributed by atoms with Gasteiger partial charge in [-0.15, -0.1) is 0 Å². The van der Waals surface area contributed by atoms with Crippen molar-refractivity contribution >= 4 is 0 Å². The second-order valence-corrected chi connectivity index (χ2v) is 5.91. The van der Waals surface area contributed by atoms with Crippen LogP contribution in [0, 0.1) is 0 Å². The lowest BCUT2D eigenvalue weighted by Crippen LogP contribution is -2.43. The van der Waals surface area contributed by atoms with Crippen molar-refractivity contribution in [2.24, 2.45) is 0 Å². The van der Waals surface area contributed by atoms with E-state index < -0.39 is 11.2 Å². The Bertz CT molecular complexity index is 974. The maximum atomic E-state index is 12.5. The third-order valence-electron chi connectivity index (χ3n) is 4.29. The minimum atomic E-state index is -0.711. The lowest BCUT2D eigenvalue weighted by molar-refractivity contribution is 0.153. The van der Waals surface area contributed by atoms with Gasteiger partial charge >= 0.3 is 5.69 Å². The largest absolute Gasteiger partial charge is 0.421 e. The van der Waals surface area contributed by atoms with Crippen LogP contribution in [-0.2, 0) is 19.4 Å². The fraction of sp³-hybridized carbons (Fsp3) is 0.200. The highest BCUT2D eigenvalue weighted by atomic mass is 16.5. The quantitative estimate of drug-likeness (QED) is 0.728. The molecule has 3 aromatic rings. The van der Waals surface area contributed by atoms with E-state index in [1.165, 1.54) is 4.57 Å². The molecule has 0 saturated heterocycles. The first-order valence-electron chi connectivity index (χ1n) is 8.26. The molecule has 3 rings (SSSR count). The van der Waals surface area contributed by atoms with Gasteiger partial charge in [0.1, 0.15) is 0 Å². The molecule has 2 aromatic carbocycles. The van der Waals surface area contributed by atoms with Crippen molar-refractivity contribution in [3.05, 3.63) is 104 Å². The number of hydrogen-bond donors (Lipinski definition) is 1. The Morgan fingerprint density at radius 3 is 2.00 bits per heavy atom. The lowest BCUT2D eigenvalue weighted by atomic mass is 10.0. The highest BCUT2D eigenvalue weighted by Crippen LogP contribution is 2.13. The van der Waals surface area contributed by atoms with Crippen molar-refractivity contribution in [1.29, 1.82) is 0 Å². The van der Waals surface area contributed by atoms with Crippen LogP contribution in [0.5, 0.6) is 0 Å². The predicted molar refractivity (Wildman–Crippen MR) is 96.3 cm³/mol. The van der Waals surface area contributed by atoms with Gasteiger partial charge in [-0.2, -0.15) is 0 Å². The Hall–Kier alpha value is -3.08. The minimum Gasteiger partial charge on any atom is -0.421 e. The molecule has 0 bridgehead atoms. The maximum Gasteiger partial charge on any atom is 0.364 e. The summed E-state index contributed by atoms with van der Waals surface area (Å²) < 4.78 is 1.71. The second kappa shape index (κ2) is 7.21. The summed E-state index contributed by atoms with van der Waals surface area (Å²) in [4.78, 5) is 24.9. The van der Waals surface area contributed by atoms with Gasteiger partial charge in [0.05, 0.1) is 6.54 Å². The van der Waals surface area contributed by atoms with Crippen molar-refractivity contribution in [2.45, 2.75) is 26.3 Å². The van der Waals surface area contributed by atoms with Gasteiger partial charge in [0, 0.05) is 17.7 Å². The molecule has 0 fully saturated rings. The fourth-order valence-corrected chi connectivity index (χ4v) is 3.01. The average molecular weight is 336 g/mol. The molecule has 5 nitrogen and oxygen atoms in total. The first-order valence-corrected chi connectivity index (χ1v) is 8.26. The third-order valence-corrected chi connectivity index (χ3v) is 4.29. The molecule has 0 radical (unpaired) electrons. The van der Waals surface area contributed by atoms with E-state index in [1.54, 1.807) is 0 Å². The first-order chi connectivity index (χ1) is 12.1. The van der Waals surface area contributed by atoms with E-state index in [1.807, 2.05) is 67.6 Å². The van der Waals surface area contributed by atoms with Crippen molar-refractivity contribution in [2.75, 3.05) is 0 Å². The SMILES string of the molecule is CCc1c(Cc2ccccc2)n(Cc2ccccc2)c(=O)n(O)c1=O. The summed E-state index contributed by atoms with van der Waals surface area (Å²) in [6.07, 6.45) is 0.902. The predicted octanol–water partition coefficient (Wildman–Crippen LogP) is 2.45. The highest BCUT2D eigenvalue weighted by Gasteiger charge is 2.18. The Morgan fingerprint density at radius 1 is 0.880 bits per heavy atom. The molecule has 0 amide bonds. The normalized spacial score (nSPS) is 10.8.